The quantitative estimate of drug-likeness (QED) is 0.472. The van der Waals surface area contributed by atoms with Gasteiger partial charge in [0.1, 0.15) is 5.69 Å². The van der Waals surface area contributed by atoms with Gasteiger partial charge in [0, 0.05) is 12.6 Å². The van der Waals surface area contributed by atoms with Crippen LogP contribution in [0.25, 0.3) is 5.65 Å². The number of fused-ring (bicyclic) bond motifs is 1. The smallest absolute Gasteiger partial charge is 0.337 e. The molecule has 27 heavy (non-hydrogen) atoms. The minimum absolute atomic E-state index is 0.0192. The van der Waals surface area contributed by atoms with E-state index < -0.39 is 0 Å². The van der Waals surface area contributed by atoms with Gasteiger partial charge >= 0.3 is 5.97 Å². The third kappa shape index (κ3) is 3.84. The number of aryl methyl sites for hydroxylation is 2. The van der Waals surface area contributed by atoms with E-state index in [1.165, 1.54) is 7.11 Å². The largest absolute Gasteiger partial charge is 0.490 e. The van der Waals surface area contributed by atoms with Crippen LogP contribution in [0.4, 0.5) is 0 Å². The van der Waals surface area contributed by atoms with E-state index in [1.54, 1.807) is 16.5 Å². The molecule has 0 fully saturated rings. The van der Waals surface area contributed by atoms with E-state index in [0.29, 0.717) is 47.8 Å². The average Bonchev–Trinajstić information content (AvgIpc) is 3.03. The Bertz CT molecular complexity index is 974. The molecule has 0 amide bonds. The van der Waals surface area contributed by atoms with Gasteiger partial charge in [-0.05, 0) is 50.1 Å². The van der Waals surface area contributed by atoms with Crippen LogP contribution >= 0.6 is 0 Å². The number of esters is 1. The monoisotopic (exact) mass is 366 g/mol. The van der Waals surface area contributed by atoms with Crippen LogP contribution < -0.4 is 4.74 Å². The molecule has 0 unspecified atom stereocenters. The van der Waals surface area contributed by atoms with E-state index in [-0.39, 0.29) is 11.8 Å². The summed E-state index contributed by atoms with van der Waals surface area (Å²) >= 11 is 0. The van der Waals surface area contributed by atoms with Crippen molar-refractivity contribution < 1.29 is 19.1 Å². The number of pyridine rings is 1. The van der Waals surface area contributed by atoms with Crippen molar-refractivity contribution >= 4 is 17.4 Å². The molecule has 0 atom stereocenters. The van der Waals surface area contributed by atoms with Crippen LogP contribution in [0.5, 0.6) is 5.75 Å². The van der Waals surface area contributed by atoms with Crippen molar-refractivity contribution in [2.45, 2.75) is 26.7 Å². The number of aromatic nitrogens is 2. The predicted octanol–water partition coefficient (Wildman–Crippen LogP) is 3.64. The zero-order valence-electron chi connectivity index (χ0n) is 15.7. The molecule has 2 aromatic heterocycles. The number of Topliss-reactive ketones (excluding diaryl/α,β-unsaturated/α-hetero) is 1. The zero-order valence-corrected chi connectivity index (χ0v) is 15.7. The summed E-state index contributed by atoms with van der Waals surface area (Å²) in [5.74, 6) is 0.315. The molecule has 0 aliphatic rings. The van der Waals surface area contributed by atoms with Gasteiger partial charge in [0.05, 0.1) is 25.0 Å². The number of hydrogen-bond donors (Lipinski definition) is 0. The molecule has 0 spiro atoms. The molecule has 140 valence electrons. The van der Waals surface area contributed by atoms with Crippen molar-refractivity contribution in [3.63, 3.8) is 0 Å². The molecule has 2 heterocycles. The lowest BCUT2D eigenvalue weighted by atomic mass is 10.0. The molecule has 6 nitrogen and oxygen atoms in total. The molecule has 0 radical (unpaired) electrons. The van der Waals surface area contributed by atoms with Crippen molar-refractivity contribution in [1.29, 1.82) is 0 Å². The average molecular weight is 366 g/mol. The minimum atomic E-state index is -0.371. The van der Waals surface area contributed by atoms with Gasteiger partial charge in [-0.15, -0.1) is 0 Å². The number of nitrogens with zero attached hydrogens (tertiary/aromatic N) is 2. The second kappa shape index (κ2) is 8.03. The highest BCUT2D eigenvalue weighted by Crippen LogP contribution is 2.23. The van der Waals surface area contributed by atoms with Gasteiger partial charge in [-0.3, -0.25) is 9.20 Å². The standard InChI is InChI=1S/C21H22N2O4/c1-4-27-18-6-5-13-23-19(14(2)22-20(18)23)17(24)12-9-15-7-10-16(11-8-15)21(25)26-3/h5-8,10-11,13H,4,9,12H2,1-3H3. The van der Waals surface area contributed by atoms with Gasteiger partial charge < -0.3 is 9.47 Å². The molecular weight excluding hydrogens is 344 g/mol. The lowest BCUT2D eigenvalue weighted by Gasteiger charge is -2.06. The van der Waals surface area contributed by atoms with Crippen molar-refractivity contribution in [3.8, 4) is 5.75 Å². The summed E-state index contributed by atoms with van der Waals surface area (Å²) in [7, 11) is 1.35. The van der Waals surface area contributed by atoms with Gasteiger partial charge in [-0.25, -0.2) is 9.78 Å². The van der Waals surface area contributed by atoms with Gasteiger partial charge in [-0.2, -0.15) is 0 Å². The number of ether oxygens (including phenoxy) is 2. The van der Waals surface area contributed by atoms with Gasteiger partial charge in [-0.1, -0.05) is 12.1 Å². The zero-order chi connectivity index (χ0) is 19.4. The van der Waals surface area contributed by atoms with Crippen LogP contribution in [0.15, 0.2) is 42.6 Å². The fraction of sp³-hybridized carbons (Fsp3) is 0.286. The van der Waals surface area contributed by atoms with E-state index in [1.807, 2.05) is 44.3 Å². The molecule has 3 aromatic rings. The number of rotatable bonds is 7. The summed E-state index contributed by atoms with van der Waals surface area (Å²) in [6.45, 7) is 4.29. The Morgan fingerprint density at radius 3 is 2.56 bits per heavy atom. The Balaban J connectivity index is 1.77. The second-order valence-electron chi connectivity index (χ2n) is 6.16. The van der Waals surface area contributed by atoms with Crippen LogP contribution in [0.3, 0.4) is 0 Å². The maximum Gasteiger partial charge on any atom is 0.337 e. The summed E-state index contributed by atoms with van der Waals surface area (Å²) in [5.41, 5.74) is 3.40. The van der Waals surface area contributed by atoms with E-state index in [4.69, 9.17) is 9.47 Å². The van der Waals surface area contributed by atoms with Crippen LogP contribution in [-0.2, 0) is 11.2 Å². The van der Waals surface area contributed by atoms with Crippen molar-refractivity contribution in [3.05, 3.63) is 65.1 Å². The Morgan fingerprint density at radius 2 is 1.89 bits per heavy atom. The third-order valence-electron chi connectivity index (χ3n) is 4.37. The summed E-state index contributed by atoms with van der Waals surface area (Å²) in [5, 5.41) is 0. The molecule has 0 bridgehead atoms. The molecule has 0 N–H and O–H groups in total. The fourth-order valence-corrected chi connectivity index (χ4v) is 3.06. The summed E-state index contributed by atoms with van der Waals surface area (Å²) in [4.78, 5) is 28.8. The normalized spacial score (nSPS) is 10.8. The maximum atomic E-state index is 12.8. The lowest BCUT2D eigenvalue weighted by molar-refractivity contribution is 0.0600. The molecule has 1 aromatic carbocycles. The number of carbonyl (C=O) groups is 2. The van der Waals surface area contributed by atoms with E-state index in [9.17, 15) is 9.59 Å². The molecule has 0 saturated heterocycles. The molecule has 0 aliphatic heterocycles. The molecule has 3 rings (SSSR count). The van der Waals surface area contributed by atoms with Gasteiger partial charge in [0.15, 0.2) is 17.2 Å². The summed E-state index contributed by atoms with van der Waals surface area (Å²) < 4.78 is 12.1. The number of hydrogen-bond acceptors (Lipinski definition) is 5. The number of imidazole rings is 1. The van der Waals surface area contributed by atoms with Crippen molar-refractivity contribution in [2.24, 2.45) is 0 Å². The summed E-state index contributed by atoms with van der Waals surface area (Å²) in [6, 6.07) is 10.8. The van der Waals surface area contributed by atoms with Crippen molar-refractivity contribution in [1.82, 2.24) is 9.38 Å². The van der Waals surface area contributed by atoms with E-state index >= 15 is 0 Å². The topological polar surface area (TPSA) is 69.9 Å². The highest BCUT2D eigenvalue weighted by molar-refractivity contribution is 5.97. The third-order valence-corrected chi connectivity index (χ3v) is 4.37. The molecule has 0 saturated carbocycles. The molecule has 0 aliphatic carbocycles. The first-order valence-electron chi connectivity index (χ1n) is 8.86. The van der Waals surface area contributed by atoms with Crippen LogP contribution in [0.2, 0.25) is 0 Å². The SMILES string of the molecule is CCOc1cccn2c(C(=O)CCc3ccc(C(=O)OC)cc3)c(C)nc12. The Labute approximate surface area is 157 Å². The number of methoxy groups -OCH3 is 1. The van der Waals surface area contributed by atoms with E-state index in [2.05, 4.69) is 4.98 Å². The number of benzene rings is 1. The number of carbonyl (C=O) groups excluding carboxylic acids is 2. The first-order chi connectivity index (χ1) is 13.0. The van der Waals surface area contributed by atoms with Crippen LogP contribution in [0.1, 0.15) is 45.4 Å². The molecular formula is C21H22N2O4. The number of ketones is 1. The fourth-order valence-electron chi connectivity index (χ4n) is 3.06. The summed E-state index contributed by atoms with van der Waals surface area (Å²) in [6.07, 6.45) is 2.76. The van der Waals surface area contributed by atoms with Crippen molar-refractivity contribution in [2.75, 3.05) is 13.7 Å². The van der Waals surface area contributed by atoms with E-state index in [0.717, 1.165) is 5.56 Å². The van der Waals surface area contributed by atoms with Gasteiger partial charge in [0.25, 0.3) is 0 Å². The second-order valence-corrected chi connectivity index (χ2v) is 6.16. The maximum absolute atomic E-state index is 12.8. The Kier molecular flexibility index (Phi) is 5.54. The Hall–Kier alpha value is -3.15. The predicted molar refractivity (Wildman–Crippen MR) is 102 cm³/mol. The first kappa shape index (κ1) is 18.6. The minimum Gasteiger partial charge on any atom is -0.490 e. The van der Waals surface area contributed by atoms with Crippen LogP contribution in [0, 0.1) is 6.92 Å². The highest BCUT2D eigenvalue weighted by atomic mass is 16.5. The molecule has 6 heteroatoms. The highest BCUT2D eigenvalue weighted by Gasteiger charge is 2.18. The van der Waals surface area contributed by atoms with Crippen LogP contribution in [-0.4, -0.2) is 34.9 Å². The lowest BCUT2D eigenvalue weighted by Crippen LogP contribution is -2.07. The first-order valence-corrected chi connectivity index (χ1v) is 8.86. The Morgan fingerprint density at radius 1 is 1.15 bits per heavy atom. The van der Waals surface area contributed by atoms with Gasteiger partial charge in [0.2, 0.25) is 0 Å².